The van der Waals surface area contributed by atoms with Crippen LogP contribution in [-0.4, -0.2) is 28.1 Å². The Bertz CT molecular complexity index is 1250. The van der Waals surface area contributed by atoms with Crippen molar-refractivity contribution in [3.8, 4) is 17.0 Å². The molecule has 0 saturated carbocycles. The van der Waals surface area contributed by atoms with Gasteiger partial charge in [-0.1, -0.05) is 30.3 Å². The van der Waals surface area contributed by atoms with Crippen LogP contribution < -0.4 is 20.9 Å². The van der Waals surface area contributed by atoms with Crippen LogP contribution in [0.3, 0.4) is 0 Å². The Morgan fingerprint density at radius 3 is 2.50 bits per heavy atom. The molecule has 0 bridgehead atoms. The number of nitrogens with zero attached hydrogens (tertiary/aromatic N) is 2. The van der Waals surface area contributed by atoms with E-state index < -0.39 is 0 Å². The summed E-state index contributed by atoms with van der Waals surface area (Å²) in [4.78, 5) is 21.7. The van der Waals surface area contributed by atoms with E-state index >= 15 is 0 Å². The number of pyridine rings is 2. The van der Waals surface area contributed by atoms with E-state index in [4.69, 9.17) is 17.0 Å². The van der Waals surface area contributed by atoms with Gasteiger partial charge in [0.25, 0.3) is 5.91 Å². The zero-order valence-electron chi connectivity index (χ0n) is 17.3. The lowest BCUT2D eigenvalue weighted by Gasteiger charge is -2.14. The van der Waals surface area contributed by atoms with E-state index in [1.807, 2.05) is 60.7 Å². The fourth-order valence-corrected chi connectivity index (χ4v) is 3.31. The average molecular weight is 444 g/mol. The summed E-state index contributed by atoms with van der Waals surface area (Å²) in [7, 11) is 1.63. The molecule has 8 heteroatoms. The standard InChI is InChI=1S/C24H21N5O2S/c1-31-18-8-6-16(7-9-18)15-26-24(32)29-28-23(30)20-14-22(17-10-12-25-13-11-17)27-21-5-3-2-4-19(20)21/h2-14H,15H2,1H3,(H,28,30)(H2,26,29,32). The SMILES string of the molecule is COc1ccc(CNC(=S)NNC(=O)c2cc(-c3ccncc3)nc3ccccc23)cc1. The van der Waals surface area contributed by atoms with Crippen molar-refractivity contribution >= 4 is 34.1 Å². The molecular formula is C24H21N5O2S. The number of carbonyl (C=O) groups is 1. The number of benzene rings is 2. The van der Waals surface area contributed by atoms with Gasteiger partial charge in [-0.25, -0.2) is 4.98 Å². The van der Waals surface area contributed by atoms with Crippen molar-refractivity contribution in [2.45, 2.75) is 6.54 Å². The van der Waals surface area contributed by atoms with Crippen LogP contribution in [0.2, 0.25) is 0 Å². The predicted octanol–water partition coefficient (Wildman–Crippen LogP) is 3.61. The van der Waals surface area contributed by atoms with Crippen molar-refractivity contribution < 1.29 is 9.53 Å². The van der Waals surface area contributed by atoms with Gasteiger partial charge < -0.3 is 10.1 Å². The van der Waals surface area contributed by atoms with E-state index in [0.29, 0.717) is 22.9 Å². The average Bonchev–Trinajstić information content (AvgIpc) is 2.86. The maximum atomic E-state index is 13.0. The number of hydrazine groups is 1. The van der Waals surface area contributed by atoms with Crippen LogP contribution in [0.5, 0.6) is 5.75 Å². The third kappa shape index (κ3) is 4.98. The molecule has 3 N–H and O–H groups in total. The van der Waals surface area contributed by atoms with E-state index in [9.17, 15) is 4.79 Å². The van der Waals surface area contributed by atoms with Crippen molar-refractivity contribution in [3.63, 3.8) is 0 Å². The fraction of sp³-hybridized carbons (Fsp3) is 0.0833. The van der Waals surface area contributed by atoms with Crippen LogP contribution in [-0.2, 0) is 6.54 Å². The van der Waals surface area contributed by atoms with E-state index in [0.717, 1.165) is 27.8 Å². The number of carbonyl (C=O) groups excluding carboxylic acids is 1. The Labute approximate surface area is 190 Å². The summed E-state index contributed by atoms with van der Waals surface area (Å²) in [5.74, 6) is 0.477. The predicted molar refractivity (Wildman–Crippen MR) is 128 cm³/mol. The second-order valence-electron chi connectivity index (χ2n) is 6.92. The summed E-state index contributed by atoms with van der Waals surface area (Å²) in [6, 6.07) is 20.6. The summed E-state index contributed by atoms with van der Waals surface area (Å²) in [6.45, 7) is 0.510. The number of rotatable bonds is 5. The van der Waals surface area contributed by atoms with Gasteiger partial charge in [0.15, 0.2) is 5.11 Å². The molecule has 0 saturated heterocycles. The maximum absolute atomic E-state index is 13.0. The zero-order valence-corrected chi connectivity index (χ0v) is 18.1. The van der Waals surface area contributed by atoms with Crippen LogP contribution in [0, 0.1) is 0 Å². The number of methoxy groups -OCH3 is 1. The maximum Gasteiger partial charge on any atom is 0.270 e. The highest BCUT2D eigenvalue weighted by Gasteiger charge is 2.14. The lowest BCUT2D eigenvalue weighted by molar-refractivity contribution is 0.0945. The molecule has 2 aromatic carbocycles. The molecule has 4 aromatic rings. The summed E-state index contributed by atoms with van der Waals surface area (Å²) in [6.07, 6.45) is 3.39. The van der Waals surface area contributed by atoms with E-state index in [-0.39, 0.29) is 5.91 Å². The summed E-state index contributed by atoms with van der Waals surface area (Å²) in [5, 5.41) is 4.12. The first-order valence-electron chi connectivity index (χ1n) is 9.91. The Morgan fingerprint density at radius 1 is 1.00 bits per heavy atom. The Hall–Kier alpha value is -4.04. The molecule has 0 fully saturated rings. The molecule has 0 radical (unpaired) electrons. The van der Waals surface area contributed by atoms with Gasteiger partial charge in [0.2, 0.25) is 0 Å². The molecule has 0 aliphatic rings. The zero-order chi connectivity index (χ0) is 22.3. The van der Waals surface area contributed by atoms with Gasteiger partial charge in [-0.05, 0) is 54.2 Å². The van der Waals surface area contributed by atoms with Crippen LogP contribution >= 0.6 is 12.2 Å². The van der Waals surface area contributed by atoms with E-state index in [2.05, 4.69) is 26.1 Å². The fourth-order valence-electron chi connectivity index (χ4n) is 3.18. The minimum absolute atomic E-state index is 0.307. The van der Waals surface area contributed by atoms with Crippen LogP contribution in [0.1, 0.15) is 15.9 Å². The number of hydrogen-bond donors (Lipinski definition) is 3. The smallest absolute Gasteiger partial charge is 0.270 e. The van der Waals surface area contributed by atoms with E-state index in [1.54, 1.807) is 25.6 Å². The van der Waals surface area contributed by atoms with Crippen LogP contribution in [0.15, 0.2) is 79.1 Å². The highest BCUT2D eigenvalue weighted by atomic mass is 32.1. The lowest BCUT2D eigenvalue weighted by atomic mass is 10.0. The highest BCUT2D eigenvalue weighted by molar-refractivity contribution is 7.80. The van der Waals surface area contributed by atoms with Gasteiger partial charge in [-0.2, -0.15) is 0 Å². The van der Waals surface area contributed by atoms with Crippen molar-refractivity contribution in [3.05, 3.63) is 90.3 Å². The number of thiocarbonyl (C=S) groups is 1. The first-order valence-corrected chi connectivity index (χ1v) is 10.3. The summed E-state index contributed by atoms with van der Waals surface area (Å²) < 4.78 is 5.16. The molecule has 0 spiro atoms. The monoisotopic (exact) mass is 443 g/mol. The molecule has 0 aliphatic heterocycles. The molecule has 0 unspecified atom stereocenters. The van der Waals surface area contributed by atoms with Gasteiger partial charge in [-0.15, -0.1) is 0 Å². The Balaban J connectivity index is 1.45. The highest BCUT2D eigenvalue weighted by Crippen LogP contribution is 2.24. The molecule has 4 rings (SSSR count). The van der Waals surface area contributed by atoms with Crippen molar-refractivity contribution in [2.75, 3.05) is 7.11 Å². The molecule has 7 nitrogen and oxygen atoms in total. The first kappa shape index (κ1) is 21.2. The van der Waals surface area contributed by atoms with E-state index in [1.165, 1.54) is 0 Å². The quantitative estimate of drug-likeness (QED) is 0.321. The number of hydrogen-bond acceptors (Lipinski definition) is 5. The number of ether oxygens (including phenoxy) is 1. The van der Waals surface area contributed by atoms with Crippen molar-refractivity contribution in [1.82, 2.24) is 26.1 Å². The topological polar surface area (TPSA) is 88.2 Å². The Kier molecular flexibility index (Phi) is 6.52. The van der Waals surface area contributed by atoms with Gasteiger partial charge in [0, 0.05) is 29.9 Å². The largest absolute Gasteiger partial charge is 0.497 e. The Morgan fingerprint density at radius 2 is 1.75 bits per heavy atom. The molecule has 32 heavy (non-hydrogen) atoms. The second kappa shape index (κ2) is 9.84. The third-order valence-electron chi connectivity index (χ3n) is 4.84. The number of amides is 1. The second-order valence-corrected chi connectivity index (χ2v) is 7.33. The van der Waals surface area contributed by atoms with Crippen LogP contribution in [0.25, 0.3) is 22.2 Å². The number of fused-ring (bicyclic) bond motifs is 1. The molecule has 2 aromatic heterocycles. The number of para-hydroxylation sites is 1. The lowest BCUT2D eigenvalue weighted by Crippen LogP contribution is -2.46. The van der Waals surface area contributed by atoms with Gasteiger partial charge in [0.1, 0.15) is 5.75 Å². The molecule has 160 valence electrons. The van der Waals surface area contributed by atoms with Crippen molar-refractivity contribution in [2.24, 2.45) is 0 Å². The third-order valence-corrected chi connectivity index (χ3v) is 5.08. The minimum Gasteiger partial charge on any atom is -0.497 e. The van der Waals surface area contributed by atoms with Crippen LogP contribution in [0.4, 0.5) is 0 Å². The molecule has 0 atom stereocenters. The van der Waals surface area contributed by atoms with Gasteiger partial charge >= 0.3 is 0 Å². The van der Waals surface area contributed by atoms with Crippen molar-refractivity contribution in [1.29, 1.82) is 0 Å². The molecule has 1 amide bonds. The first-order chi connectivity index (χ1) is 15.6. The number of aromatic nitrogens is 2. The molecular weight excluding hydrogens is 422 g/mol. The van der Waals surface area contributed by atoms with Gasteiger partial charge in [-0.3, -0.25) is 20.6 Å². The summed E-state index contributed by atoms with van der Waals surface area (Å²) in [5.41, 5.74) is 9.26. The number of nitrogens with one attached hydrogen (secondary N) is 3. The van der Waals surface area contributed by atoms with Gasteiger partial charge in [0.05, 0.1) is 23.9 Å². The normalized spacial score (nSPS) is 10.4. The molecule has 0 aliphatic carbocycles. The molecule has 2 heterocycles. The summed E-state index contributed by atoms with van der Waals surface area (Å²) >= 11 is 5.29. The minimum atomic E-state index is -0.312.